The van der Waals surface area contributed by atoms with Crippen LogP contribution in [0.1, 0.15) is 45.4 Å². The van der Waals surface area contributed by atoms with Crippen LogP contribution in [0.25, 0.3) is 0 Å². The second-order valence-corrected chi connectivity index (χ2v) is 5.41. The molecule has 0 aromatic heterocycles. The summed E-state index contributed by atoms with van der Waals surface area (Å²) in [4.78, 5) is 2.70. The van der Waals surface area contributed by atoms with Gasteiger partial charge in [0.2, 0.25) is 0 Å². The Balaban J connectivity index is 0.00000128. The molecule has 0 spiro atoms. The first-order valence-electron chi connectivity index (χ1n) is 6.81. The molecule has 1 saturated heterocycles. The maximum atomic E-state index is 3.47. The molecule has 0 aromatic rings. The van der Waals surface area contributed by atoms with Crippen molar-refractivity contribution in [1.82, 2.24) is 10.2 Å². The van der Waals surface area contributed by atoms with Crippen molar-refractivity contribution in [2.75, 3.05) is 26.2 Å². The van der Waals surface area contributed by atoms with Crippen LogP contribution in [-0.4, -0.2) is 37.1 Å². The Morgan fingerprint density at radius 1 is 1.12 bits per heavy atom. The molecule has 1 heterocycles. The maximum absolute atomic E-state index is 3.47. The van der Waals surface area contributed by atoms with Gasteiger partial charge >= 0.3 is 0 Å². The van der Waals surface area contributed by atoms with E-state index in [1.54, 1.807) is 0 Å². The molecule has 0 aromatic carbocycles. The lowest BCUT2D eigenvalue weighted by molar-refractivity contribution is 0.142. The van der Waals surface area contributed by atoms with Crippen molar-refractivity contribution in [1.29, 1.82) is 0 Å². The summed E-state index contributed by atoms with van der Waals surface area (Å²) in [6.07, 6.45) is 8.88. The molecule has 1 N–H and O–H groups in total. The third-order valence-corrected chi connectivity index (χ3v) is 4.11. The topological polar surface area (TPSA) is 15.3 Å². The van der Waals surface area contributed by atoms with E-state index >= 15 is 0 Å². The molecule has 2 nitrogen and oxygen atoms in total. The number of nitrogens with zero attached hydrogens (tertiary/aromatic N) is 1. The van der Waals surface area contributed by atoms with Crippen LogP contribution in [0.3, 0.4) is 0 Å². The Morgan fingerprint density at radius 2 is 1.81 bits per heavy atom. The van der Waals surface area contributed by atoms with Crippen LogP contribution in [0, 0.1) is 5.92 Å². The molecule has 1 atom stereocenters. The van der Waals surface area contributed by atoms with E-state index in [-0.39, 0.29) is 12.4 Å². The first kappa shape index (κ1) is 14.3. The quantitative estimate of drug-likeness (QED) is 0.754. The van der Waals surface area contributed by atoms with Gasteiger partial charge in [-0.1, -0.05) is 25.7 Å². The molecule has 2 fully saturated rings. The van der Waals surface area contributed by atoms with Crippen molar-refractivity contribution in [2.24, 2.45) is 5.92 Å². The van der Waals surface area contributed by atoms with E-state index in [2.05, 4.69) is 17.1 Å². The minimum atomic E-state index is 0. The molecule has 16 heavy (non-hydrogen) atoms. The van der Waals surface area contributed by atoms with E-state index in [0.717, 1.165) is 12.0 Å². The zero-order valence-electron chi connectivity index (χ0n) is 10.6. The van der Waals surface area contributed by atoms with Gasteiger partial charge in [0.05, 0.1) is 0 Å². The number of rotatable bonds is 2. The van der Waals surface area contributed by atoms with E-state index in [1.807, 2.05) is 0 Å². The average molecular weight is 247 g/mol. The summed E-state index contributed by atoms with van der Waals surface area (Å²) in [5.74, 6) is 0.994. The van der Waals surface area contributed by atoms with E-state index < -0.39 is 0 Å². The summed E-state index contributed by atoms with van der Waals surface area (Å²) < 4.78 is 0. The number of nitrogens with one attached hydrogen (secondary N) is 1. The van der Waals surface area contributed by atoms with Gasteiger partial charge in [-0.15, -0.1) is 12.4 Å². The fourth-order valence-corrected chi connectivity index (χ4v) is 3.03. The number of hydrogen-bond donors (Lipinski definition) is 1. The molecule has 0 amide bonds. The Kier molecular flexibility index (Phi) is 6.71. The van der Waals surface area contributed by atoms with Crippen LogP contribution in [0.15, 0.2) is 0 Å². The van der Waals surface area contributed by atoms with Gasteiger partial charge in [0, 0.05) is 32.2 Å². The molecule has 2 aliphatic rings. The summed E-state index contributed by atoms with van der Waals surface area (Å²) in [7, 11) is 0. The first-order valence-corrected chi connectivity index (χ1v) is 6.81. The lowest BCUT2D eigenvalue weighted by Gasteiger charge is -2.36. The van der Waals surface area contributed by atoms with Crippen molar-refractivity contribution < 1.29 is 0 Å². The Morgan fingerprint density at radius 3 is 2.44 bits per heavy atom. The number of halogens is 1. The van der Waals surface area contributed by atoms with Gasteiger partial charge in [0.1, 0.15) is 0 Å². The summed E-state index contributed by atoms with van der Waals surface area (Å²) in [5.41, 5.74) is 0. The average Bonchev–Trinajstić information content (AvgIpc) is 2.50. The fourth-order valence-electron chi connectivity index (χ4n) is 3.03. The predicted molar refractivity (Wildman–Crippen MR) is 72.3 cm³/mol. The summed E-state index contributed by atoms with van der Waals surface area (Å²) in [6, 6.07) is 0.752. The van der Waals surface area contributed by atoms with Crippen LogP contribution < -0.4 is 5.32 Å². The zero-order chi connectivity index (χ0) is 10.5. The molecule has 2 rings (SSSR count). The summed E-state index contributed by atoms with van der Waals surface area (Å²) in [5, 5.41) is 3.47. The first-order chi connectivity index (χ1) is 7.36. The number of hydrogen-bond acceptors (Lipinski definition) is 2. The minimum Gasteiger partial charge on any atom is -0.314 e. The predicted octanol–water partition coefficient (Wildman–Crippen LogP) is 2.67. The minimum absolute atomic E-state index is 0. The molecular weight excluding hydrogens is 220 g/mol. The highest BCUT2D eigenvalue weighted by Gasteiger charge is 2.21. The molecule has 96 valence electrons. The molecule has 0 radical (unpaired) electrons. The van der Waals surface area contributed by atoms with E-state index in [0.29, 0.717) is 0 Å². The van der Waals surface area contributed by atoms with Crippen LogP contribution in [0.4, 0.5) is 0 Å². The zero-order valence-corrected chi connectivity index (χ0v) is 11.4. The standard InChI is InChI=1S/C13H26N2.ClH/c1-12-10-14-8-9-15(12)11-13-6-4-2-3-5-7-13;/h12-14H,2-11H2,1H3;1H/t12-;/m0./s1. The lowest BCUT2D eigenvalue weighted by Crippen LogP contribution is -2.51. The second kappa shape index (κ2) is 7.52. The molecule has 0 bridgehead atoms. The largest absolute Gasteiger partial charge is 0.314 e. The Bertz CT molecular complexity index is 179. The third-order valence-electron chi connectivity index (χ3n) is 4.11. The van der Waals surface area contributed by atoms with Gasteiger partial charge in [0.25, 0.3) is 0 Å². The van der Waals surface area contributed by atoms with Crippen molar-refractivity contribution in [2.45, 2.75) is 51.5 Å². The van der Waals surface area contributed by atoms with Crippen LogP contribution in [0.2, 0.25) is 0 Å². The SMILES string of the molecule is C[C@H]1CNCCN1CC1CCCCCC1.Cl. The molecule has 3 heteroatoms. The van der Waals surface area contributed by atoms with Crippen LogP contribution >= 0.6 is 12.4 Å². The normalized spacial score (nSPS) is 29.4. The highest BCUT2D eigenvalue weighted by molar-refractivity contribution is 5.85. The monoisotopic (exact) mass is 246 g/mol. The molecule has 0 unspecified atom stereocenters. The summed E-state index contributed by atoms with van der Waals surface area (Å²) in [6.45, 7) is 7.37. The van der Waals surface area contributed by atoms with E-state index in [4.69, 9.17) is 0 Å². The second-order valence-electron chi connectivity index (χ2n) is 5.41. The smallest absolute Gasteiger partial charge is 0.0193 e. The van der Waals surface area contributed by atoms with E-state index in [9.17, 15) is 0 Å². The van der Waals surface area contributed by atoms with Crippen molar-refractivity contribution in [3.05, 3.63) is 0 Å². The van der Waals surface area contributed by atoms with Crippen molar-refractivity contribution in [3.63, 3.8) is 0 Å². The lowest BCUT2D eigenvalue weighted by atomic mass is 9.98. The van der Waals surface area contributed by atoms with Gasteiger partial charge in [-0.3, -0.25) is 4.90 Å². The van der Waals surface area contributed by atoms with Gasteiger partial charge < -0.3 is 5.32 Å². The van der Waals surface area contributed by atoms with Gasteiger partial charge in [-0.25, -0.2) is 0 Å². The van der Waals surface area contributed by atoms with Gasteiger partial charge in [-0.2, -0.15) is 0 Å². The molecule has 1 aliphatic carbocycles. The molecule has 1 saturated carbocycles. The number of piperazine rings is 1. The van der Waals surface area contributed by atoms with Crippen LogP contribution in [0.5, 0.6) is 0 Å². The van der Waals surface area contributed by atoms with E-state index in [1.165, 1.54) is 64.7 Å². The Labute approximate surface area is 107 Å². The van der Waals surface area contributed by atoms with Crippen molar-refractivity contribution >= 4 is 12.4 Å². The highest BCUT2D eigenvalue weighted by Crippen LogP contribution is 2.24. The summed E-state index contributed by atoms with van der Waals surface area (Å²) >= 11 is 0. The maximum Gasteiger partial charge on any atom is 0.0193 e. The highest BCUT2D eigenvalue weighted by atomic mass is 35.5. The van der Waals surface area contributed by atoms with Crippen molar-refractivity contribution in [3.8, 4) is 0 Å². The van der Waals surface area contributed by atoms with Gasteiger partial charge in [0.15, 0.2) is 0 Å². The van der Waals surface area contributed by atoms with Crippen LogP contribution in [-0.2, 0) is 0 Å². The molecule has 1 aliphatic heterocycles. The fraction of sp³-hybridized carbons (Fsp3) is 1.00. The van der Waals surface area contributed by atoms with Gasteiger partial charge in [-0.05, 0) is 25.7 Å². The molecular formula is C13H27ClN2. The third kappa shape index (κ3) is 4.23. The Hall–Kier alpha value is 0.210.